The van der Waals surface area contributed by atoms with Crippen molar-refractivity contribution in [2.75, 3.05) is 30.7 Å². The second-order valence-corrected chi connectivity index (χ2v) is 7.91. The van der Waals surface area contributed by atoms with Crippen LogP contribution in [0.3, 0.4) is 0 Å². The lowest BCUT2D eigenvalue weighted by atomic mass is 9.68. The van der Waals surface area contributed by atoms with E-state index in [1.807, 2.05) is 6.07 Å². The van der Waals surface area contributed by atoms with Crippen molar-refractivity contribution in [2.45, 2.75) is 65.2 Å². The summed E-state index contributed by atoms with van der Waals surface area (Å²) in [7, 11) is 0. The maximum absolute atomic E-state index is 11.4. The Morgan fingerprint density at radius 1 is 1.36 bits per heavy atom. The summed E-state index contributed by atoms with van der Waals surface area (Å²) in [5.41, 5.74) is 8.80. The zero-order valence-corrected chi connectivity index (χ0v) is 16.4. The fraction of sp³-hybridized carbons (Fsp3) is 0.667. The van der Waals surface area contributed by atoms with E-state index in [0.717, 1.165) is 25.2 Å². The van der Waals surface area contributed by atoms with Crippen molar-refractivity contribution < 1.29 is 4.79 Å². The van der Waals surface area contributed by atoms with Gasteiger partial charge in [0.15, 0.2) is 0 Å². The minimum absolute atomic E-state index is 0.0797. The number of nitrogens with two attached hydrogens (primary N) is 1. The molecule has 3 N–H and O–H groups in total. The van der Waals surface area contributed by atoms with E-state index in [9.17, 15) is 4.79 Å². The topological polar surface area (TPSA) is 58.4 Å². The Morgan fingerprint density at radius 2 is 2.12 bits per heavy atom. The van der Waals surface area contributed by atoms with E-state index in [1.165, 1.54) is 44.7 Å². The van der Waals surface area contributed by atoms with Gasteiger partial charge in [-0.3, -0.25) is 4.79 Å². The molecule has 0 spiro atoms. The number of piperidine rings is 1. The van der Waals surface area contributed by atoms with Crippen molar-refractivity contribution >= 4 is 17.3 Å². The number of nitrogens with one attached hydrogen (secondary N) is 1. The second kappa shape index (κ2) is 8.70. The van der Waals surface area contributed by atoms with Crippen LogP contribution in [0, 0.1) is 5.92 Å². The van der Waals surface area contributed by atoms with E-state index < -0.39 is 0 Å². The molecule has 2 rings (SSSR count). The summed E-state index contributed by atoms with van der Waals surface area (Å²) in [6.07, 6.45) is 6.44. The second-order valence-electron chi connectivity index (χ2n) is 7.91. The number of nitrogen functional groups attached to an aromatic ring is 1. The predicted molar refractivity (Wildman–Crippen MR) is 107 cm³/mol. The molecule has 1 amide bonds. The molecule has 1 aromatic rings. The van der Waals surface area contributed by atoms with Crippen LogP contribution >= 0.6 is 0 Å². The summed E-state index contributed by atoms with van der Waals surface area (Å²) >= 11 is 0. The minimum atomic E-state index is -0.0797. The third-order valence-electron chi connectivity index (χ3n) is 5.92. The number of hydrogen-bond acceptors (Lipinski definition) is 3. The van der Waals surface area contributed by atoms with Crippen molar-refractivity contribution in [1.82, 2.24) is 4.90 Å². The van der Waals surface area contributed by atoms with Crippen LogP contribution < -0.4 is 11.1 Å². The molecule has 1 heterocycles. The highest BCUT2D eigenvalue weighted by molar-refractivity contribution is 5.92. The third kappa shape index (κ3) is 4.97. The molecule has 1 saturated heterocycles. The molecule has 2 atom stereocenters. The molecule has 4 nitrogen and oxygen atoms in total. The summed E-state index contributed by atoms with van der Waals surface area (Å²) in [6, 6.07) is 6.13. The SMILES string of the molecule is CCCCCCN1CC[C@](C)(c2ccc(N)c(NC(C)=O)c2)[C@@H](C)C1. The number of likely N-dealkylation sites (tertiary alicyclic amines) is 1. The summed E-state index contributed by atoms with van der Waals surface area (Å²) < 4.78 is 0. The van der Waals surface area contributed by atoms with Crippen molar-refractivity contribution in [3.8, 4) is 0 Å². The molecule has 0 aliphatic carbocycles. The Hall–Kier alpha value is -1.55. The lowest BCUT2D eigenvalue weighted by Gasteiger charge is -2.45. The van der Waals surface area contributed by atoms with E-state index in [-0.39, 0.29) is 11.3 Å². The highest BCUT2D eigenvalue weighted by Crippen LogP contribution is 2.41. The fourth-order valence-electron chi connectivity index (χ4n) is 3.92. The predicted octanol–water partition coefficient (Wildman–Crippen LogP) is 4.41. The lowest BCUT2D eigenvalue weighted by Crippen LogP contribution is -2.47. The van der Waals surface area contributed by atoms with E-state index in [0.29, 0.717) is 11.6 Å². The van der Waals surface area contributed by atoms with Gasteiger partial charge in [0.25, 0.3) is 0 Å². The highest BCUT2D eigenvalue weighted by atomic mass is 16.1. The molecule has 140 valence electrons. The van der Waals surface area contributed by atoms with Gasteiger partial charge >= 0.3 is 0 Å². The third-order valence-corrected chi connectivity index (χ3v) is 5.92. The van der Waals surface area contributed by atoms with Crippen molar-refractivity contribution in [2.24, 2.45) is 5.92 Å². The Bertz CT molecular complexity index is 587. The van der Waals surface area contributed by atoms with E-state index in [1.54, 1.807) is 0 Å². The standard InChI is InChI=1S/C21H35N3O/c1-5-6-7-8-12-24-13-11-21(4,16(2)15-24)18-9-10-19(22)20(14-18)23-17(3)25/h9-10,14,16H,5-8,11-13,15,22H2,1-4H3,(H,23,25)/t16-,21-/m0/s1. The first-order chi connectivity index (χ1) is 11.9. The van der Waals surface area contributed by atoms with Gasteiger partial charge in [0.05, 0.1) is 11.4 Å². The van der Waals surface area contributed by atoms with Crippen molar-refractivity contribution in [1.29, 1.82) is 0 Å². The van der Waals surface area contributed by atoms with Gasteiger partial charge in [-0.2, -0.15) is 0 Å². The molecule has 0 aromatic heterocycles. The Labute approximate surface area is 153 Å². The normalized spacial score (nSPS) is 24.2. The molecule has 0 bridgehead atoms. The van der Waals surface area contributed by atoms with E-state index in [4.69, 9.17) is 5.73 Å². The van der Waals surface area contributed by atoms with Gasteiger partial charge < -0.3 is 16.0 Å². The molecule has 4 heteroatoms. The number of benzene rings is 1. The zero-order chi connectivity index (χ0) is 18.4. The molecular weight excluding hydrogens is 310 g/mol. The average Bonchev–Trinajstić information content (AvgIpc) is 2.56. The van der Waals surface area contributed by atoms with Crippen LogP contribution in [0.1, 0.15) is 65.4 Å². The van der Waals surface area contributed by atoms with Crippen LogP contribution in [0.5, 0.6) is 0 Å². The molecule has 0 saturated carbocycles. The summed E-state index contributed by atoms with van der Waals surface area (Å²) in [5, 5.41) is 2.86. The number of nitrogens with zero attached hydrogens (tertiary/aromatic N) is 1. The van der Waals surface area contributed by atoms with Gasteiger partial charge in [-0.25, -0.2) is 0 Å². The van der Waals surface area contributed by atoms with Gasteiger partial charge in [0, 0.05) is 13.5 Å². The zero-order valence-electron chi connectivity index (χ0n) is 16.4. The molecule has 25 heavy (non-hydrogen) atoms. The molecule has 1 aliphatic rings. The molecule has 0 unspecified atom stereocenters. The van der Waals surface area contributed by atoms with Crippen LogP contribution in [0.15, 0.2) is 18.2 Å². The van der Waals surface area contributed by atoms with Crippen LogP contribution in [0.2, 0.25) is 0 Å². The number of amides is 1. The fourth-order valence-corrected chi connectivity index (χ4v) is 3.92. The Morgan fingerprint density at radius 3 is 2.76 bits per heavy atom. The monoisotopic (exact) mass is 345 g/mol. The highest BCUT2D eigenvalue weighted by Gasteiger charge is 2.38. The van der Waals surface area contributed by atoms with Crippen molar-refractivity contribution in [3.05, 3.63) is 23.8 Å². The number of carbonyl (C=O) groups excluding carboxylic acids is 1. The number of rotatable bonds is 7. The first-order valence-corrected chi connectivity index (χ1v) is 9.76. The van der Waals surface area contributed by atoms with Gasteiger partial charge in [-0.15, -0.1) is 0 Å². The summed E-state index contributed by atoms with van der Waals surface area (Å²) in [6.45, 7) is 12.0. The largest absolute Gasteiger partial charge is 0.397 e. The lowest BCUT2D eigenvalue weighted by molar-refractivity contribution is -0.114. The van der Waals surface area contributed by atoms with Crippen molar-refractivity contribution in [3.63, 3.8) is 0 Å². The molecular formula is C21H35N3O. The number of carbonyl (C=O) groups is 1. The molecule has 0 radical (unpaired) electrons. The molecule has 1 aliphatic heterocycles. The quantitative estimate of drug-likeness (QED) is 0.568. The van der Waals surface area contributed by atoms with Gasteiger partial charge in [0.1, 0.15) is 0 Å². The van der Waals surface area contributed by atoms with Crippen LogP contribution in [0.25, 0.3) is 0 Å². The Kier molecular flexibility index (Phi) is 6.88. The summed E-state index contributed by atoms with van der Waals surface area (Å²) in [5.74, 6) is 0.491. The molecule has 1 aromatic carbocycles. The van der Waals surface area contributed by atoms with Crippen LogP contribution in [-0.2, 0) is 10.2 Å². The number of unbranched alkanes of at least 4 members (excludes halogenated alkanes) is 3. The first-order valence-electron chi connectivity index (χ1n) is 9.76. The van der Waals surface area contributed by atoms with Crippen LogP contribution in [0.4, 0.5) is 11.4 Å². The average molecular weight is 346 g/mol. The van der Waals surface area contributed by atoms with Gasteiger partial charge in [0.2, 0.25) is 5.91 Å². The van der Waals surface area contributed by atoms with E-state index in [2.05, 4.69) is 43.1 Å². The smallest absolute Gasteiger partial charge is 0.221 e. The minimum Gasteiger partial charge on any atom is -0.397 e. The number of hydrogen-bond donors (Lipinski definition) is 2. The van der Waals surface area contributed by atoms with Gasteiger partial charge in [-0.1, -0.05) is 46.1 Å². The maximum atomic E-state index is 11.4. The molecule has 1 fully saturated rings. The Balaban J connectivity index is 2.05. The van der Waals surface area contributed by atoms with Gasteiger partial charge in [-0.05, 0) is 55.0 Å². The number of anilines is 2. The van der Waals surface area contributed by atoms with E-state index >= 15 is 0 Å². The van der Waals surface area contributed by atoms with Crippen LogP contribution in [-0.4, -0.2) is 30.4 Å². The first kappa shape index (κ1) is 19.8. The maximum Gasteiger partial charge on any atom is 0.221 e. The summed E-state index contributed by atoms with van der Waals surface area (Å²) in [4.78, 5) is 14.0.